The van der Waals surface area contributed by atoms with Gasteiger partial charge >= 0.3 is 0 Å². The van der Waals surface area contributed by atoms with E-state index in [2.05, 4.69) is 24.1 Å². The molecule has 11 heavy (non-hydrogen) atoms. The molecule has 0 rings (SSSR count). The van der Waals surface area contributed by atoms with Crippen LogP contribution in [0.1, 0.15) is 27.2 Å². The molecule has 0 bridgehead atoms. The van der Waals surface area contributed by atoms with Gasteiger partial charge in [0.15, 0.2) is 0 Å². The summed E-state index contributed by atoms with van der Waals surface area (Å²) in [7, 11) is 1.92. The van der Waals surface area contributed by atoms with Crippen molar-refractivity contribution < 1.29 is 0 Å². The molecule has 0 aromatic heterocycles. The fourth-order valence-corrected chi connectivity index (χ4v) is 0.578. The molecule has 0 aliphatic heterocycles. The van der Waals surface area contributed by atoms with Crippen LogP contribution in [0.4, 0.5) is 0 Å². The van der Waals surface area contributed by atoms with Crippen LogP contribution in [-0.2, 0) is 0 Å². The lowest BCUT2D eigenvalue weighted by molar-refractivity contribution is 0.723. The molecule has 0 amide bonds. The van der Waals surface area contributed by atoms with Crippen molar-refractivity contribution in [2.75, 3.05) is 20.1 Å². The van der Waals surface area contributed by atoms with E-state index in [1.165, 1.54) is 0 Å². The fourth-order valence-electron chi connectivity index (χ4n) is 0.578. The van der Waals surface area contributed by atoms with Crippen LogP contribution in [0.2, 0.25) is 0 Å². The van der Waals surface area contributed by atoms with Gasteiger partial charge < -0.3 is 10.6 Å². The number of hydrogen-bond acceptors (Lipinski definition) is 2. The van der Waals surface area contributed by atoms with E-state index in [0.29, 0.717) is 0 Å². The average Bonchev–Trinajstić information content (AvgIpc) is 2.05. The molecular formula is C9H22N2. The summed E-state index contributed by atoms with van der Waals surface area (Å²) in [5.74, 6) is 0. The highest BCUT2D eigenvalue weighted by Crippen LogP contribution is 1.79. The minimum Gasteiger partial charge on any atom is -0.388 e. The normalized spacial score (nSPS) is 8.00. The highest BCUT2D eigenvalue weighted by atomic mass is 14.9. The molecule has 0 atom stereocenters. The summed E-state index contributed by atoms with van der Waals surface area (Å²) < 4.78 is 0. The second-order valence-electron chi connectivity index (χ2n) is 2.06. The highest BCUT2D eigenvalue weighted by Gasteiger charge is 1.86. The molecular weight excluding hydrogens is 136 g/mol. The Morgan fingerprint density at radius 1 is 1.36 bits per heavy atom. The standard InChI is InChI=1S/C7H16N2.C2H6/c1-4-5-9-7(2)6-8-3;1-2/h8-9H,2,4-6H2,1,3H3;1-2H3. The topological polar surface area (TPSA) is 24.1 Å². The predicted octanol–water partition coefficient (Wildman–Crippen LogP) is 1.75. The lowest BCUT2D eigenvalue weighted by Gasteiger charge is -2.05. The molecule has 0 aliphatic carbocycles. The van der Waals surface area contributed by atoms with Crippen molar-refractivity contribution in [3.8, 4) is 0 Å². The Morgan fingerprint density at radius 2 is 1.91 bits per heavy atom. The van der Waals surface area contributed by atoms with Crippen molar-refractivity contribution in [1.82, 2.24) is 10.6 Å². The third kappa shape index (κ3) is 12.6. The van der Waals surface area contributed by atoms with Gasteiger partial charge in [0, 0.05) is 18.8 Å². The third-order valence-electron chi connectivity index (χ3n) is 1.02. The predicted molar refractivity (Wildman–Crippen MR) is 52.7 cm³/mol. The first-order valence-electron chi connectivity index (χ1n) is 4.37. The first kappa shape index (κ1) is 13.1. The maximum Gasteiger partial charge on any atom is 0.0345 e. The van der Waals surface area contributed by atoms with E-state index in [1.807, 2.05) is 20.9 Å². The maximum absolute atomic E-state index is 3.81. The molecule has 0 aliphatic rings. The monoisotopic (exact) mass is 158 g/mol. The van der Waals surface area contributed by atoms with Gasteiger partial charge in [-0.1, -0.05) is 27.4 Å². The quantitative estimate of drug-likeness (QED) is 0.637. The van der Waals surface area contributed by atoms with Crippen molar-refractivity contribution in [3.05, 3.63) is 12.3 Å². The minimum atomic E-state index is 0.861. The molecule has 2 N–H and O–H groups in total. The number of rotatable bonds is 5. The minimum absolute atomic E-state index is 0.861. The summed E-state index contributed by atoms with van der Waals surface area (Å²) in [5.41, 5.74) is 1.07. The van der Waals surface area contributed by atoms with Crippen LogP contribution >= 0.6 is 0 Å². The molecule has 0 radical (unpaired) electrons. The Balaban J connectivity index is 0. The molecule has 0 spiro atoms. The van der Waals surface area contributed by atoms with Gasteiger partial charge in [-0.05, 0) is 13.5 Å². The van der Waals surface area contributed by atoms with Gasteiger partial charge in [-0.15, -0.1) is 0 Å². The van der Waals surface area contributed by atoms with E-state index in [-0.39, 0.29) is 0 Å². The van der Waals surface area contributed by atoms with E-state index in [0.717, 1.165) is 25.2 Å². The second kappa shape index (κ2) is 12.2. The Morgan fingerprint density at radius 3 is 2.27 bits per heavy atom. The molecule has 2 nitrogen and oxygen atoms in total. The van der Waals surface area contributed by atoms with Crippen LogP contribution in [-0.4, -0.2) is 20.1 Å². The SMILES string of the molecule is C=C(CNC)NCCC.CC. The lowest BCUT2D eigenvalue weighted by atomic mass is 10.4. The first-order chi connectivity index (χ1) is 5.31. The van der Waals surface area contributed by atoms with Crippen LogP contribution in [0.15, 0.2) is 12.3 Å². The van der Waals surface area contributed by atoms with Gasteiger partial charge in [0.25, 0.3) is 0 Å². The first-order valence-corrected chi connectivity index (χ1v) is 4.37. The second-order valence-corrected chi connectivity index (χ2v) is 2.06. The molecule has 0 aromatic carbocycles. The number of hydrogen-bond donors (Lipinski definition) is 2. The zero-order valence-electron chi connectivity index (χ0n) is 8.33. The summed E-state index contributed by atoms with van der Waals surface area (Å²) in [4.78, 5) is 0. The van der Waals surface area contributed by atoms with Gasteiger partial charge in [-0.25, -0.2) is 0 Å². The Kier molecular flexibility index (Phi) is 14.5. The van der Waals surface area contributed by atoms with Gasteiger partial charge in [-0.3, -0.25) is 0 Å². The molecule has 0 aromatic rings. The molecule has 68 valence electrons. The fraction of sp³-hybridized carbons (Fsp3) is 0.778. The molecule has 0 heterocycles. The van der Waals surface area contributed by atoms with Crippen molar-refractivity contribution >= 4 is 0 Å². The smallest absolute Gasteiger partial charge is 0.0345 e. The van der Waals surface area contributed by atoms with E-state index >= 15 is 0 Å². The van der Waals surface area contributed by atoms with Crippen LogP contribution in [0.5, 0.6) is 0 Å². The Bertz CT molecular complexity index is 79.6. The lowest BCUT2D eigenvalue weighted by Crippen LogP contribution is -2.22. The van der Waals surface area contributed by atoms with Crippen LogP contribution in [0.25, 0.3) is 0 Å². The van der Waals surface area contributed by atoms with Gasteiger partial charge in [0.1, 0.15) is 0 Å². The van der Waals surface area contributed by atoms with Crippen LogP contribution in [0.3, 0.4) is 0 Å². The largest absolute Gasteiger partial charge is 0.388 e. The van der Waals surface area contributed by atoms with Crippen molar-refractivity contribution in [3.63, 3.8) is 0 Å². The van der Waals surface area contributed by atoms with E-state index in [9.17, 15) is 0 Å². The van der Waals surface area contributed by atoms with Gasteiger partial charge in [0.05, 0.1) is 0 Å². The van der Waals surface area contributed by atoms with Gasteiger partial charge in [-0.2, -0.15) is 0 Å². The molecule has 2 heteroatoms. The van der Waals surface area contributed by atoms with E-state index in [1.54, 1.807) is 0 Å². The summed E-state index contributed by atoms with van der Waals surface area (Å²) in [5, 5.41) is 6.19. The number of likely N-dealkylation sites (N-methyl/N-ethyl adjacent to an activating group) is 1. The Hall–Kier alpha value is -0.500. The zero-order chi connectivity index (χ0) is 9.11. The summed E-state index contributed by atoms with van der Waals surface area (Å²) in [6.45, 7) is 11.8. The van der Waals surface area contributed by atoms with Crippen molar-refractivity contribution in [2.24, 2.45) is 0 Å². The summed E-state index contributed by atoms with van der Waals surface area (Å²) in [6.07, 6.45) is 1.16. The third-order valence-corrected chi connectivity index (χ3v) is 1.02. The zero-order valence-corrected chi connectivity index (χ0v) is 8.33. The average molecular weight is 158 g/mol. The van der Waals surface area contributed by atoms with Gasteiger partial charge in [0.2, 0.25) is 0 Å². The van der Waals surface area contributed by atoms with Crippen molar-refractivity contribution in [2.45, 2.75) is 27.2 Å². The molecule has 0 fully saturated rings. The summed E-state index contributed by atoms with van der Waals surface area (Å²) >= 11 is 0. The summed E-state index contributed by atoms with van der Waals surface area (Å²) in [6, 6.07) is 0. The van der Waals surface area contributed by atoms with Crippen LogP contribution in [0, 0.1) is 0 Å². The molecule has 0 saturated heterocycles. The number of nitrogens with one attached hydrogen (secondary N) is 2. The van der Waals surface area contributed by atoms with Crippen molar-refractivity contribution in [1.29, 1.82) is 0 Å². The molecule has 0 saturated carbocycles. The Labute approximate surface area is 71.1 Å². The van der Waals surface area contributed by atoms with Crippen LogP contribution < -0.4 is 10.6 Å². The van der Waals surface area contributed by atoms with E-state index < -0.39 is 0 Å². The molecule has 0 unspecified atom stereocenters. The highest BCUT2D eigenvalue weighted by molar-refractivity contribution is 4.92. The van der Waals surface area contributed by atoms with E-state index in [4.69, 9.17) is 0 Å². The maximum atomic E-state index is 3.81.